The van der Waals surface area contributed by atoms with Crippen LogP contribution < -0.4 is 24.4 Å². The molecule has 40 heavy (non-hydrogen) atoms. The third-order valence-electron chi connectivity index (χ3n) is 6.36. The van der Waals surface area contributed by atoms with Crippen molar-refractivity contribution in [2.45, 2.75) is 19.9 Å². The van der Waals surface area contributed by atoms with Crippen LogP contribution in [-0.2, 0) is 9.53 Å². The lowest BCUT2D eigenvalue weighted by molar-refractivity contribution is -0.138. The van der Waals surface area contributed by atoms with E-state index in [0.717, 1.165) is 0 Å². The first-order valence-electron chi connectivity index (χ1n) is 12.8. The zero-order valence-corrected chi connectivity index (χ0v) is 23.0. The zero-order valence-electron chi connectivity index (χ0n) is 22.2. The maximum Gasteiger partial charge on any atom is 0.338 e. The number of hydrogen-bond donors (Lipinski definition) is 0. The highest BCUT2D eigenvalue weighted by molar-refractivity contribution is 7.07. The van der Waals surface area contributed by atoms with Gasteiger partial charge in [-0.15, -0.1) is 0 Å². The van der Waals surface area contributed by atoms with Gasteiger partial charge in [0.05, 0.1) is 42.2 Å². The number of esters is 1. The Morgan fingerprint density at radius 1 is 1.02 bits per heavy atom. The van der Waals surface area contributed by atoms with E-state index in [1.54, 1.807) is 38.3 Å². The van der Waals surface area contributed by atoms with Crippen LogP contribution in [0.2, 0.25) is 0 Å². The van der Waals surface area contributed by atoms with Gasteiger partial charge in [-0.1, -0.05) is 65.9 Å². The van der Waals surface area contributed by atoms with Crippen LogP contribution in [0, 0.1) is 5.82 Å². The van der Waals surface area contributed by atoms with Crippen molar-refractivity contribution in [3.63, 3.8) is 0 Å². The highest BCUT2D eigenvalue weighted by atomic mass is 32.1. The largest absolute Gasteiger partial charge is 0.493 e. The molecule has 5 rings (SSSR count). The number of carbonyl (C=O) groups is 1. The summed E-state index contributed by atoms with van der Waals surface area (Å²) in [6.07, 6.45) is 1.73. The van der Waals surface area contributed by atoms with Gasteiger partial charge in [-0.2, -0.15) is 0 Å². The summed E-state index contributed by atoms with van der Waals surface area (Å²) in [6, 6.07) is 19.6. The van der Waals surface area contributed by atoms with E-state index in [2.05, 4.69) is 0 Å². The van der Waals surface area contributed by atoms with Gasteiger partial charge in [-0.25, -0.2) is 14.2 Å². The molecule has 204 valence electrons. The van der Waals surface area contributed by atoms with E-state index in [1.807, 2.05) is 49.4 Å². The number of fused-ring (bicyclic) bond motifs is 1. The Bertz CT molecular complexity index is 1760. The molecule has 0 amide bonds. The Morgan fingerprint density at radius 3 is 2.45 bits per heavy atom. The fraction of sp³-hybridized carbons (Fsp3) is 0.194. The van der Waals surface area contributed by atoms with E-state index >= 15 is 0 Å². The molecule has 7 nitrogen and oxygen atoms in total. The number of methoxy groups -OCH3 is 1. The number of para-hydroxylation sites is 1. The van der Waals surface area contributed by atoms with Gasteiger partial charge in [-0.05, 0) is 43.7 Å². The van der Waals surface area contributed by atoms with Gasteiger partial charge in [0.2, 0.25) is 0 Å². The van der Waals surface area contributed by atoms with Crippen molar-refractivity contribution < 1.29 is 23.4 Å². The predicted molar refractivity (Wildman–Crippen MR) is 152 cm³/mol. The predicted octanol–water partition coefficient (Wildman–Crippen LogP) is 4.48. The topological polar surface area (TPSA) is 79.1 Å². The first-order chi connectivity index (χ1) is 19.5. The smallest absolute Gasteiger partial charge is 0.338 e. The molecular weight excluding hydrogens is 531 g/mol. The SMILES string of the molecule is CCOC(=O)C1=C(c2ccccc2)N=c2sc(=Cc3cccc(OC)c3OCC)c(=O)n2C1c1ccc(F)cc1. The monoisotopic (exact) mass is 558 g/mol. The van der Waals surface area contributed by atoms with E-state index < -0.39 is 17.8 Å². The quantitative estimate of drug-likeness (QED) is 0.298. The summed E-state index contributed by atoms with van der Waals surface area (Å²) < 4.78 is 32.6. The van der Waals surface area contributed by atoms with Crippen molar-refractivity contribution >= 4 is 29.1 Å². The first-order valence-corrected chi connectivity index (χ1v) is 13.6. The molecule has 4 aromatic rings. The third kappa shape index (κ3) is 5.08. The second kappa shape index (κ2) is 11.7. The summed E-state index contributed by atoms with van der Waals surface area (Å²) >= 11 is 1.20. The molecule has 0 fully saturated rings. The lowest BCUT2D eigenvalue weighted by Crippen LogP contribution is -2.40. The molecule has 0 radical (unpaired) electrons. The van der Waals surface area contributed by atoms with Gasteiger partial charge in [0.25, 0.3) is 5.56 Å². The molecule has 0 saturated heterocycles. The maximum absolute atomic E-state index is 14.0. The van der Waals surface area contributed by atoms with Crippen LogP contribution in [-0.4, -0.2) is 30.9 Å². The number of benzene rings is 3. The molecule has 0 N–H and O–H groups in total. The fourth-order valence-electron chi connectivity index (χ4n) is 4.65. The molecule has 1 aliphatic rings. The molecule has 9 heteroatoms. The van der Waals surface area contributed by atoms with Gasteiger partial charge in [0, 0.05) is 11.1 Å². The minimum absolute atomic E-state index is 0.140. The summed E-state index contributed by atoms with van der Waals surface area (Å²) in [7, 11) is 1.56. The molecule has 1 unspecified atom stereocenters. The van der Waals surface area contributed by atoms with Gasteiger partial charge in [-0.3, -0.25) is 9.36 Å². The molecule has 0 spiro atoms. The van der Waals surface area contributed by atoms with Gasteiger partial charge < -0.3 is 14.2 Å². The lowest BCUT2D eigenvalue weighted by atomic mass is 9.93. The minimum Gasteiger partial charge on any atom is -0.493 e. The van der Waals surface area contributed by atoms with Crippen LogP contribution in [0.1, 0.15) is 36.6 Å². The Balaban J connectivity index is 1.82. The minimum atomic E-state index is -0.884. The van der Waals surface area contributed by atoms with Crippen molar-refractivity contribution in [1.29, 1.82) is 0 Å². The van der Waals surface area contributed by atoms with E-state index in [-0.39, 0.29) is 17.7 Å². The number of aromatic nitrogens is 1. The number of hydrogen-bond acceptors (Lipinski definition) is 7. The summed E-state index contributed by atoms with van der Waals surface area (Å²) in [6.45, 7) is 4.14. The van der Waals surface area contributed by atoms with Crippen LogP contribution in [0.15, 0.2) is 88.2 Å². The highest BCUT2D eigenvalue weighted by Crippen LogP contribution is 2.35. The van der Waals surface area contributed by atoms with Crippen molar-refractivity contribution in [2.75, 3.05) is 20.3 Å². The number of rotatable bonds is 8. The summed E-state index contributed by atoms with van der Waals surface area (Å²) in [4.78, 5) is 32.7. The van der Waals surface area contributed by atoms with Crippen LogP contribution in [0.4, 0.5) is 4.39 Å². The Labute approximate surface area is 234 Å². The Kier molecular flexibility index (Phi) is 7.93. The standard InChI is InChI=1S/C31H27FN2O5S/c1-4-38-28-21(12-9-13-23(28)37-3)18-24-29(35)34-27(20-14-16-22(32)17-15-20)25(30(36)39-5-2)26(33-31(34)40-24)19-10-7-6-8-11-19/h6-18,27H,4-5H2,1-3H3. The molecule has 1 aliphatic heterocycles. The molecule has 1 aromatic heterocycles. The Morgan fingerprint density at radius 2 is 1.77 bits per heavy atom. The molecule has 3 aromatic carbocycles. The van der Waals surface area contributed by atoms with Crippen molar-refractivity contribution in [3.05, 3.63) is 121 Å². The fourth-order valence-corrected chi connectivity index (χ4v) is 5.64. The summed E-state index contributed by atoms with van der Waals surface area (Å²) in [5.74, 6) is 0.0388. The normalized spacial score (nSPS) is 14.9. The number of ether oxygens (including phenoxy) is 3. The van der Waals surface area contributed by atoms with E-state index in [1.165, 1.54) is 28.0 Å². The van der Waals surface area contributed by atoms with Gasteiger partial charge >= 0.3 is 5.97 Å². The molecular formula is C31H27FN2O5S. The average molecular weight is 559 g/mol. The van der Waals surface area contributed by atoms with Crippen LogP contribution in [0.25, 0.3) is 11.8 Å². The summed E-state index contributed by atoms with van der Waals surface area (Å²) in [5, 5.41) is 0. The molecule has 1 atom stereocenters. The molecule has 0 aliphatic carbocycles. The summed E-state index contributed by atoms with van der Waals surface area (Å²) in [5.41, 5.74) is 2.17. The van der Waals surface area contributed by atoms with E-state index in [9.17, 15) is 14.0 Å². The molecule has 0 bridgehead atoms. The van der Waals surface area contributed by atoms with Gasteiger partial charge in [0.15, 0.2) is 16.3 Å². The second-order valence-electron chi connectivity index (χ2n) is 8.79. The highest BCUT2D eigenvalue weighted by Gasteiger charge is 2.35. The van der Waals surface area contributed by atoms with Gasteiger partial charge in [0.1, 0.15) is 5.82 Å². The third-order valence-corrected chi connectivity index (χ3v) is 7.35. The van der Waals surface area contributed by atoms with Crippen LogP contribution in [0.5, 0.6) is 11.5 Å². The van der Waals surface area contributed by atoms with Crippen molar-refractivity contribution in [1.82, 2.24) is 4.57 Å². The Hall–Kier alpha value is -4.50. The molecule has 2 heterocycles. The number of nitrogens with zero attached hydrogens (tertiary/aromatic N) is 2. The first kappa shape index (κ1) is 27.1. The molecule has 0 saturated carbocycles. The van der Waals surface area contributed by atoms with Crippen molar-refractivity contribution in [2.24, 2.45) is 4.99 Å². The number of halogens is 1. The number of thiazole rings is 1. The van der Waals surface area contributed by atoms with E-state index in [4.69, 9.17) is 19.2 Å². The van der Waals surface area contributed by atoms with Crippen LogP contribution in [0.3, 0.4) is 0 Å². The maximum atomic E-state index is 14.0. The number of carbonyl (C=O) groups excluding carboxylic acids is 1. The zero-order chi connectivity index (χ0) is 28.2. The average Bonchev–Trinajstić information content (AvgIpc) is 3.28. The lowest BCUT2D eigenvalue weighted by Gasteiger charge is -2.25. The van der Waals surface area contributed by atoms with Crippen LogP contribution >= 0.6 is 11.3 Å². The second-order valence-corrected chi connectivity index (χ2v) is 9.80. The van der Waals surface area contributed by atoms with E-state index in [0.29, 0.717) is 49.8 Å². The van der Waals surface area contributed by atoms with Crippen molar-refractivity contribution in [3.8, 4) is 11.5 Å².